The topological polar surface area (TPSA) is 72.8 Å². The molecule has 5 nitrogen and oxygen atoms in total. The first-order chi connectivity index (χ1) is 10.0. The first-order valence-electron chi connectivity index (χ1n) is 6.40. The third-order valence-corrected chi connectivity index (χ3v) is 4.78. The molecule has 2 heterocycles. The van der Waals surface area contributed by atoms with Crippen molar-refractivity contribution >= 4 is 20.9 Å². The number of fused-ring (bicyclic) bond motifs is 1. The molecule has 0 unspecified atom stereocenters. The Bertz CT molecular complexity index is 890. The molecule has 0 saturated heterocycles. The summed E-state index contributed by atoms with van der Waals surface area (Å²) in [4.78, 5) is 12.8. The number of sulfone groups is 1. The van der Waals surface area contributed by atoms with Crippen LogP contribution < -0.4 is 0 Å². The minimum Gasteiger partial charge on any atom is -0.262 e. The Morgan fingerprint density at radius 3 is 2.52 bits per heavy atom. The van der Waals surface area contributed by atoms with Gasteiger partial charge in [0.1, 0.15) is 5.52 Å². The summed E-state index contributed by atoms with van der Waals surface area (Å²) in [6, 6.07) is 8.51. The second-order valence-electron chi connectivity index (χ2n) is 4.80. The van der Waals surface area contributed by atoms with Gasteiger partial charge in [-0.2, -0.15) is 0 Å². The van der Waals surface area contributed by atoms with E-state index in [9.17, 15) is 8.42 Å². The van der Waals surface area contributed by atoms with Crippen LogP contribution >= 0.6 is 0 Å². The van der Waals surface area contributed by atoms with Gasteiger partial charge in [0.05, 0.1) is 34.3 Å². The Morgan fingerprint density at radius 2 is 1.76 bits per heavy atom. The highest BCUT2D eigenvalue weighted by atomic mass is 32.2. The van der Waals surface area contributed by atoms with E-state index in [4.69, 9.17) is 0 Å². The van der Waals surface area contributed by atoms with Gasteiger partial charge in [0.2, 0.25) is 0 Å². The highest BCUT2D eigenvalue weighted by Gasteiger charge is 2.16. The molecular formula is C15H13N3O2S. The molecule has 0 N–H and O–H groups in total. The van der Waals surface area contributed by atoms with Gasteiger partial charge >= 0.3 is 0 Å². The molecule has 0 aliphatic rings. The number of nitrogens with zero attached hydrogens (tertiary/aromatic N) is 3. The van der Waals surface area contributed by atoms with E-state index >= 15 is 0 Å². The van der Waals surface area contributed by atoms with Gasteiger partial charge in [-0.25, -0.2) is 13.4 Å². The lowest BCUT2D eigenvalue weighted by molar-refractivity contribution is 0.594. The second-order valence-corrected chi connectivity index (χ2v) is 6.79. The second kappa shape index (κ2) is 5.21. The summed E-state index contributed by atoms with van der Waals surface area (Å²) < 4.78 is 24.7. The quantitative estimate of drug-likeness (QED) is 0.742. The normalized spacial score (nSPS) is 11.7. The van der Waals surface area contributed by atoms with Gasteiger partial charge in [0.15, 0.2) is 9.84 Å². The molecule has 0 aliphatic carbocycles. The van der Waals surface area contributed by atoms with E-state index in [1.165, 1.54) is 6.20 Å². The van der Waals surface area contributed by atoms with Crippen molar-refractivity contribution in [1.29, 1.82) is 0 Å². The molecule has 106 valence electrons. The maximum atomic E-state index is 12.4. The van der Waals surface area contributed by atoms with Crippen LogP contribution in [0.2, 0.25) is 0 Å². The molecule has 0 spiro atoms. The summed E-state index contributed by atoms with van der Waals surface area (Å²) >= 11 is 0. The Morgan fingerprint density at radius 1 is 1.00 bits per heavy atom. The summed E-state index contributed by atoms with van der Waals surface area (Å²) in [5.74, 6) is -0.165. The van der Waals surface area contributed by atoms with Crippen LogP contribution in [0.3, 0.4) is 0 Å². The van der Waals surface area contributed by atoms with E-state index in [1.807, 2.05) is 6.92 Å². The average molecular weight is 299 g/mol. The number of rotatable bonds is 3. The van der Waals surface area contributed by atoms with Crippen molar-refractivity contribution in [3.63, 3.8) is 0 Å². The van der Waals surface area contributed by atoms with Crippen LogP contribution in [0, 0.1) is 6.92 Å². The SMILES string of the molecule is Cc1ccc(S(=O)(=O)Cc2cnc3cnccc3n2)cc1. The van der Waals surface area contributed by atoms with E-state index < -0.39 is 9.84 Å². The molecule has 0 aliphatic heterocycles. The van der Waals surface area contributed by atoms with Gasteiger partial charge in [-0.1, -0.05) is 17.7 Å². The lowest BCUT2D eigenvalue weighted by atomic mass is 10.2. The molecule has 3 aromatic rings. The maximum Gasteiger partial charge on any atom is 0.184 e. The molecule has 6 heteroatoms. The number of hydrogen-bond acceptors (Lipinski definition) is 5. The van der Waals surface area contributed by atoms with Crippen LogP contribution in [-0.2, 0) is 15.6 Å². The van der Waals surface area contributed by atoms with E-state index in [-0.39, 0.29) is 5.75 Å². The van der Waals surface area contributed by atoms with E-state index in [1.54, 1.807) is 42.7 Å². The van der Waals surface area contributed by atoms with Crippen LogP contribution in [-0.4, -0.2) is 23.4 Å². The standard InChI is InChI=1S/C15H13N3O2S/c1-11-2-4-13(5-3-11)21(19,20)10-12-8-17-15-9-16-7-6-14(15)18-12/h2-9H,10H2,1H3. The molecule has 1 aromatic carbocycles. The van der Waals surface area contributed by atoms with E-state index in [2.05, 4.69) is 15.0 Å². The van der Waals surface area contributed by atoms with Crippen molar-refractivity contribution in [1.82, 2.24) is 15.0 Å². The predicted molar refractivity (Wildman–Crippen MR) is 79.4 cm³/mol. The lowest BCUT2D eigenvalue weighted by Gasteiger charge is -2.05. The molecule has 21 heavy (non-hydrogen) atoms. The van der Waals surface area contributed by atoms with Crippen LogP contribution in [0.1, 0.15) is 11.3 Å². The predicted octanol–water partition coefficient (Wildman–Crippen LogP) is 2.31. The molecule has 2 aromatic heterocycles. The Kier molecular flexibility index (Phi) is 3.39. The molecule has 0 bridgehead atoms. The minimum absolute atomic E-state index is 0.165. The largest absolute Gasteiger partial charge is 0.262 e. The Hall–Kier alpha value is -2.34. The molecule has 0 saturated carbocycles. The highest BCUT2D eigenvalue weighted by Crippen LogP contribution is 2.17. The molecule has 0 radical (unpaired) electrons. The van der Waals surface area contributed by atoms with Crippen LogP contribution in [0.15, 0.2) is 53.8 Å². The Balaban J connectivity index is 1.95. The van der Waals surface area contributed by atoms with Crippen molar-refractivity contribution in [2.75, 3.05) is 0 Å². The van der Waals surface area contributed by atoms with Crippen molar-refractivity contribution in [3.05, 3.63) is 60.2 Å². The summed E-state index contributed by atoms with van der Waals surface area (Å²) in [6.07, 6.45) is 4.69. The zero-order valence-electron chi connectivity index (χ0n) is 11.4. The maximum absolute atomic E-state index is 12.4. The van der Waals surface area contributed by atoms with Gasteiger partial charge in [0, 0.05) is 6.20 Å². The number of hydrogen-bond donors (Lipinski definition) is 0. The van der Waals surface area contributed by atoms with Gasteiger partial charge < -0.3 is 0 Å². The average Bonchev–Trinajstić information content (AvgIpc) is 2.47. The number of aryl methyl sites for hydroxylation is 1. The third kappa shape index (κ3) is 2.90. The van der Waals surface area contributed by atoms with Crippen LogP contribution in [0.25, 0.3) is 11.0 Å². The molecule has 0 amide bonds. The fraction of sp³-hybridized carbons (Fsp3) is 0.133. The summed E-state index contributed by atoms with van der Waals surface area (Å²) in [7, 11) is -3.42. The number of pyridine rings is 1. The molecule has 3 rings (SSSR count). The van der Waals surface area contributed by atoms with Crippen LogP contribution in [0.5, 0.6) is 0 Å². The highest BCUT2D eigenvalue weighted by molar-refractivity contribution is 7.90. The molecule has 0 fully saturated rings. The zero-order valence-corrected chi connectivity index (χ0v) is 12.2. The van der Waals surface area contributed by atoms with Gasteiger partial charge in [0.25, 0.3) is 0 Å². The number of benzene rings is 1. The van der Waals surface area contributed by atoms with Crippen molar-refractivity contribution in [3.8, 4) is 0 Å². The fourth-order valence-corrected chi connectivity index (χ4v) is 3.24. The third-order valence-electron chi connectivity index (χ3n) is 3.11. The van der Waals surface area contributed by atoms with Gasteiger partial charge in [-0.3, -0.25) is 9.97 Å². The zero-order chi connectivity index (χ0) is 14.9. The fourth-order valence-electron chi connectivity index (χ4n) is 1.99. The minimum atomic E-state index is -3.42. The Labute approximate surface area is 122 Å². The van der Waals surface area contributed by atoms with Gasteiger partial charge in [-0.15, -0.1) is 0 Å². The summed E-state index contributed by atoms with van der Waals surface area (Å²) in [5.41, 5.74) is 2.73. The van der Waals surface area contributed by atoms with Crippen molar-refractivity contribution in [2.24, 2.45) is 0 Å². The van der Waals surface area contributed by atoms with Gasteiger partial charge in [-0.05, 0) is 25.1 Å². The first kappa shape index (κ1) is 13.6. The smallest absolute Gasteiger partial charge is 0.184 e. The van der Waals surface area contributed by atoms with Crippen molar-refractivity contribution in [2.45, 2.75) is 17.6 Å². The summed E-state index contributed by atoms with van der Waals surface area (Å²) in [5, 5.41) is 0. The van der Waals surface area contributed by atoms with Crippen LogP contribution in [0.4, 0.5) is 0 Å². The lowest BCUT2D eigenvalue weighted by Crippen LogP contribution is -2.07. The summed E-state index contributed by atoms with van der Waals surface area (Å²) in [6.45, 7) is 1.92. The monoisotopic (exact) mass is 299 g/mol. The van der Waals surface area contributed by atoms with Crippen molar-refractivity contribution < 1.29 is 8.42 Å². The first-order valence-corrected chi connectivity index (χ1v) is 8.05. The van der Waals surface area contributed by atoms with E-state index in [0.29, 0.717) is 21.6 Å². The molecular weight excluding hydrogens is 286 g/mol. The van der Waals surface area contributed by atoms with E-state index in [0.717, 1.165) is 5.56 Å². The molecule has 0 atom stereocenters. The number of aromatic nitrogens is 3.